The molecule has 0 aliphatic rings. The minimum atomic E-state index is 0.568. The van der Waals surface area contributed by atoms with Crippen molar-refractivity contribution in [2.75, 3.05) is 0 Å². The second kappa shape index (κ2) is 5.31. The second-order valence-corrected chi connectivity index (χ2v) is 6.09. The molecule has 2 aromatic rings. The minimum absolute atomic E-state index is 0.568. The molecule has 0 atom stereocenters. The summed E-state index contributed by atoms with van der Waals surface area (Å²) >= 11 is 7.00. The van der Waals surface area contributed by atoms with Crippen LogP contribution in [0.1, 0.15) is 13.8 Å². The first kappa shape index (κ1) is 12.8. The molecule has 0 aliphatic heterocycles. The van der Waals surface area contributed by atoms with Crippen LogP contribution in [0.25, 0.3) is 11.4 Å². The Morgan fingerprint density at radius 1 is 1.29 bits per heavy atom. The van der Waals surface area contributed by atoms with E-state index in [1.165, 1.54) is 0 Å². The first-order valence-corrected chi connectivity index (χ1v) is 6.99. The summed E-state index contributed by atoms with van der Waals surface area (Å²) < 4.78 is 4.14. The fraction of sp³-hybridized carbons (Fsp3) is 0.333. The van der Waals surface area contributed by atoms with Gasteiger partial charge >= 0.3 is 0 Å². The van der Waals surface area contributed by atoms with Crippen molar-refractivity contribution in [2.45, 2.75) is 20.4 Å². The van der Waals surface area contributed by atoms with Gasteiger partial charge in [0.05, 0.1) is 0 Å². The van der Waals surface area contributed by atoms with E-state index in [2.05, 4.69) is 60.5 Å². The van der Waals surface area contributed by atoms with Crippen LogP contribution in [0.15, 0.2) is 33.5 Å². The quantitative estimate of drug-likeness (QED) is 0.825. The molecule has 0 amide bonds. The highest BCUT2D eigenvalue weighted by atomic mass is 79.9. The summed E-state index contributed by atoms with van der Waals surface area (Å²) in [5.41, 5.74) is 1.06. The normalized spacial score (nSPS) is 11.1. The van der Waals surface area contributed by atoms with Crippen LogP contribution in [0.5, 0.6) is 0 Å². The standard InChI is InChI=1S/C12H13Br2N3/c1-8(2)6-17-7-15-16-12(17)10-4-3-9(13)5-11(10)14/h3-5,7-8H,6H2,1-2H3. The van der Waals surface area contributed by atoms with Gasteiger partial charge in [-0.05, 0) is 40.0 Å². The van der Waals surface area contributed by atoms with Crippen LogP contribution in [-0.4, -0.2) is 14.8 Å². The van der Waals surface area contributed by atoms with Gasteiger partial charge in [-0.15, -0.1) is 10.2 Å². The van der Waals surface area contributed by atoms with Crippen LogP contribution >= 0.6 is 31.9 Å². The molecule has 0 bridgehead atoms. The van der Waals surface area contributed by atoms with Crippen molar-refractivity contribution in [3.63, 3.8) is 0 Å². The predicted molar refractivity (Wildman–Crippen MR) is 75.7 cm³/mol. The highest BCUT2D eigenvalue weighted by molar-refractivity contribution is 9.11. The zero-order valence-corrected chi connectivity index (χ0v) is 12.9. The number of halogens is 2. The largest absolute Gasteiger partial charge is 0.313 e. The molecule has 0 spiro atoms. The van der Waals surface area contributed by atoms with Gasteiger partial charge in [0.2, 0.25) is 0 Å². The van der Waals surface area contributed by atoms with Crippen molar-refractivity contribution in [2.24, 2.45) is 5.92 Å². The van der Waals surface area contributed by atoms with E-state index in [1.54, 1.807) is 6.33 Å². The number of aromatic nitrogens is 3. The third kappa shape index (κ3) is 2.96. The number of nitrogens with zero attached hydrogens (tertiary/aromatic N) is 3. The van der Waals surface area contributed by atoms with Crippen molar-refractivity contribution in [1.29, 1.82) is 0 Å². The third-order valence-electron chi connectivity index (χ3n) is 2.35. The molecule has 1 aromatic heterocycles. The average Bonchev–Trinajstić information content (AvgIpc) is 2.65. The third-order valence-corrected chi connectivity index (χ3v) is 3.50. The van der Waals surface area contributed by atoms with Gasteiger partial charge in [-0.2, -0.15) is 0 Å². The van der Waals surface area contributed by atoms with Gasteiger partial charge < -0.3 is 4.57 Å². The minimum Gasteiger partial charge on any atom is -0.313 e. The Balaban J connectivity index is 2.42. The summed E-state index contributed by atoms with van der Waals surface area (Å²) in [4.78, 5) is 0. The Morgan fingerprint density at radius 3 is 2.71 bits per heavy atom. The van der Waals surface area contributed by atoms with Crippen LogP contribution in [-0.2, 0) is 6.54 Å². The molecule has 0 fully saturated rings. The van der Waals surface area contributed by atoms with E-state index >= 15 is 0 Å². The van der Waals surface area contributed by atoms with Crippen LogP contribution in [0.3, 0.4) is 0 Å². The maximum Gasteiger partial charge on any atom is 0.164 e. The van der Waals surface area contributed by atoms with E-state index in [4.69, 9.17) is 0 Å². The lowest BCUT2D eigenvalue weighted by molar-refractivity contribution is 0.525. The molecular weight excluding hydrogens is 346 g/mol. The van der Waals surface area contributed by atoms with Crippen LogP contribution in [0, 0.1) is 5.92 Å². The SMILES string of the molecule is CC(C)Cn1cnnc1-c1ccc(Br)cc1Br. The lowest BCUT2D eigenvalue weighted by atomic mass is 10.2. The summed E-state index contributed by atoms with van der Waals surface area (Å²) in [7, 11) is 0. The topological polar surface area (TPSA) is 30.7 Å². The average molecular weight is 359 g/mol. The molecule has 0 radical (unpaired) electrons. The molecule has 0 unspecified atom stereocenters. The molecule has 90 valence electrons. The molecule has 0 saturated carbocycles. The first-order valence-electron chi connectivity index (χ1n) is 5.41. The molecule has 0 N–H and O–H groups in total. The molecule has 3 nitrogen and oxygen atoms in total. The molecule has 0 aliphatic carbocycles. The van der Waals surface area contributed by atoms with E-state index in [1.807, 2.05) is 18.2 Å². The second-order valence-electron chi connectivity index (χ2n) is 4.32. The molecule has 0 saturated heterocycles. The maximum absolute atomic E-state index is 4.20. The molecule has 5 heteroatoms. The van der Waals surface area contributed by atoms with Gasteiger partial charge in [-0.1, -0.05) is 29.8 Å². The van der Waals surface area contributed by atoms with Crippen LogP contribution in [0.4, 0.5) is 0 Å². The number of hydrogen-bond donors (Lipinski definition) is 0. The number of rotatable bonds is 3. The van der Waals surface area contributed by atoms with Gasteiger partial charge in [0.1, 0.15) is 6.33 Å². The van der Waals surface area contributed by atoms with Crippen molar-refractivity contribution in [3.8, 4) is 11.4 Å². The lowest BCUT2D eigenvalue weighted by Crippen LogP contribution is -2.05. The summed E-state index contributed by atoms with van der Waals surface area (Å²) in [6.07, 6.45) is 1.78. The summed E-state index contributed by atoms with van der Waals surface area (Å²) in [6, 6.07) is 6.06. The Hall–Kier alpha value is -0.680. The van der Waals surface area contributed by atoms with E-state index in [9.17, 15) is 0 Å². The fourth-order valence-corrected chi connectivity index (χ4v) is 2.89. The predicted octanol–water partition coefficient (Wildman–Crippen LogP) is 4.13. The Kier molecular flexibility index (Phi) is 3.99. The highest BCUT2D eigenvalue weighted by Gasteiger charge is 2.11. The van der Waals surface area contributed by atoms with E-state index in [0.717, 1.165) is 26.9 Å². The Bertz CT molecular complexity index is 520. The van der Waals surface area contributed by atoms with Crippen LogP contribution < -0.4 is 0 Å². The van der Waals surface area contributed by atoms with Gasteiger partial charge in [-0.25, -0.2) is 0 Å². The van der Waals surface area contributed by atoms with Crippen molar-refractivity contribution in [1.82, 2.24) is 14.8 Å². The van der Waals surface area contributed by atoms with Crippen molar-refractivity contribution < 1.29 is 0 Å². The number of benzene rings is 1. The van der Waals surface area contributed by atoms with Crippen molar-refractivity contribution in [3.05, 3.63) is 33.5 Å². The molecular formula is C12H13Br2N3. The summed E-state index contributed by atoms with van der Waals surface area (Å²) in [5, 5.41) is 8.19. The van der Waals surface area contributed by atoms with Gasteiger partial charge in [0.15, 0.2) is 5.82 Å². The molecule has 1 heterocycles. The summed E-state index contributed by atoms with van der Waals surface area (Å²) in [6.45, 7) is 5.28. The maximum atomic E-state index is 4.20. The first-order chi connectivity index (χ1) is 8.08. The number of hydrogen-bond acceptors (Lipinski definition) is 2. The van der Waals surface area contributed by atoms with Gasteiger partial charge in [0, 0.05) is 21.1 Å². The fourth-order valence-electron chi connectivity index (χ4n) is 1.66. The molecule has 1 aromatic carbocycles. The molecule has 2 rings (SSSR count). The molecule has 17 heavy (non-hydrogen) atoms. The van der Waals surface area contributed by atoms with E-state index in [-0.39, 0.29) is 0 Å². The van der Waals surface area contributed by atoms with Crippen LogP contribution in [0.2, 0.25) is 0 Å². The summed E-state index contributed by atoms with van der Waals surface area (Å²) in [5.74, 6) is 1.47. The van der Waals surface area contributed by atoms with Crippen molar-refractivity contribution >= 4 is 31.9 Å². The van der Waals surface area contributed by atoms with E-state index in [0.29, 0.717) is 5.92 Å². The lowest BCUT2D eigenvalue weighted by Gasteiger charge is -2.10. The Labute approximate surface area is 118 Å². The zero-order chi connectivity index (χ0) is 12.4. The smallest absolute Gasteiger partial charge is 0.164 e. The monoisotopic (exact) mass is 357 g/mol. The van der Waals surface area contributed by atoms with Gasteiger partial charge in [0.25, 0.3) is 0 Å². The van der Waals surface area contributed by atoms with E-state index < -0.39 is 0 Å². The highest BCUT2D eigenvalue weighted by Crippen LogP contribution is 2.29. The van der Waals surface area contributed by atoms with Gasteiger partial charge in [-0.3, -0.25) is 0 Å². The zero-order valence-electron chi connectivity index (χ0n) is 9.69. The Morgan fingerprint density at radius 2 is 2.06 bits per heavy atom.